The van der Waals surface area contributed by atoms with Gasteiger partial charge in [0.05, 0.1) is 5.69 Å². The summed E-state index contributed by atoms with van der Waals surface area (Å²) < 4.78 is 2.22. The van der Waals surface area contributed by atoms with Gasteiger partial charge in [-0.25, -0.2) is 4.98 Å². The molecular formula is C11H9N2S. The molecule has 1 aliphatic heterocycles. The Labute approximate surface area is 87.0 Å². The Bertz CT molecular complexity index is 426. The molecule has 3 rings (SSSR count). The van der Waals surface area contributed by atoms with Crippen molar-refractivity contribution in [1.29, 1.82) is 0 Å². The molecule has 1 aromatic carbocycles. The Hall–Kier alpha value is -1.22. The first-order chi connectivity index (χ1) is 6.93. The number of imidazole rings is 1. The van der Waals surface area contributed by atoms with Crippen molar-refractivity contribution >= 4 is 11.8 Å². The smallest absolute Gasteiger partial charge is 0.168 e. The summed E-state index contributed by atoms with van der Waals surface area (Å²) in [4.78, 5) is 4.57. The molecule has 3 heteroatoms. The number of benzene rings is 1. The van der Waals surface area contributed by atoms with Crippen LogP contribution < -0.4 is 0 Å². The minimum absolute atomic E-state index is 1.07. The fourth-order valence-corrected chi connectivity index (χ4v) is 2.55. The van der Waals surface area contributed by atoms with Gasteiger partial charge in [0.2, 0.25) is 0 Å². The fourth-order valence-electron chi connectivity index (χ4n) is 1.61. The van der Waals surface area contributed by atoms with Gasteiger partial charge in [0.15, 0.2) is 5.16 Å². The van der Waals surface area contributed by atoms with E-state index in [2.05, 4.69) is 21.8 Å². The Morgan fingerprint density at radius 2 is 2.21 bits per heavy atom. The van der Waals surface area contributed by atoms with Crippen LogP contribution in [0.2, 0.25) is 0 Å². The largest absolute Gasteiger partial charge is 0.325 e. The first kappa shape index (κ1) is 8.12. The highest BCUT2D eigenvalue weighted by atomic mass is 32.2. The van der Waals surface area contributed by atoms with Gasteiger partial charge < -0.3 is 4.57 Å². The molecule has 0 bridgehead atoms. The lowest BCUT2D eigenvalue weighted by Gasteiger charge is -1.94. The Morgan fingerprint density at radius 3 is 3.00 bits per heavy atom. The topological polar surface area (TPSA) is 17.8 Å². The van der Waals surface area contributed by atoms with E-state index in [9.17, 15) is 0 Å². The lowest BCUT2D eigenvalue weighted by molar-refractivity contribution is 0.719. The zero-order chi connectivity index (χ0) is 9.38. The molecule has 2 aromatic rings. The van der Waals surface area contributed by atoms with Crippen LogP contribution in [0.5, 0.6) is 0 Å². The average molecular weight is 201 g/mol. The number of fused-ring (bicyclic) bond motifs is 1. The molecule has 0 spiro atoms. The predicted molar refractivity (Wildman–Crippen MR) is 57.2 cm³/mol. The van der Waals surface area contributed by atoms with Crippen LogP contribution in [-0.4, -0.2) is 15.3 Å². The van der Waals surface area contributed by atoms with Crippen LogP contribution in [0.25, 0.3) is 11.3 Å². The second-order valence-electron chi connectivity index (χ2n) is 3.24. The van der Waals surface area contributed by atoms with Crippen LogP contribution in [0.3, 0.4) is 0 Å². The highest BCUT2D eigenvalue weighted by molar-refractivity contribution is 7.99. The molecule has 0 atom stereocenters. The van der Waals surface area contributed by atoms with Crippen LogP contribution in [0.1, 0.15) is 0 Å². The molecule has 0 N–H and O–H groups in total. The third-order valence-electron chi connectivity index (χ3n) is 2.32. The maximum absolute atomic E-state index is 4.57. The van der Waals surface area contributed by atoms with Crippen LogP contribution in [0.15, 0.2) is 35.6 Å². The predicted octanol–water partition coefficient (Wildman–Crippen LogP) is 2.46. The highest BCUT2D eigenvalue weighted by Crippen LogP contribution is 2.28. The van der Waals surface area contributed by atoms with Gasteiger partial charge in [0.25, 0.3) is 0 Å². The summed E-state index contributed by atoms with van der Waals surface area (Å²) in [5.74, 6) is 1.16. The third kappa shape index (κ3) is 1.24. The van der Waals surface area contributed by atoms with Gasteiger partial charge in [0, 0.05) is 24.1 Å². The molecule has 1 radical (unpaired) electrons. The number of aromatic nitrogens is 2. The minimum Gasteiger partial charge on any atom is -0.325 e. The van der Waals surface area contributed by atoms with Crippen LogP contribution in [0, 0.1) is 6.07 Å². The van der Waals surface area contributed by atoms with Crippen molar-refractivity contribution in [3.63, 3.8) is 0 Å². The zero-order valence-corrected chi connectivity index (χ0v) is 8.42. The summed E-state index contributed by atoms with van der Waals surface area (Å²) in [6.07, 6.45) is 2.13. The van der Waals surface area contributed by atoms with E-state index in [-0.39, 0.29) is 0 Å². The number of hydrogen-bond donors (Lipinski definition) is 0. The Kier molecular flexibility index (Phi) is 1.84. The SMILES string of the molecule is [c]1ccc(-c2cn3c(n2)SCC3)cc1. The van der Waals surface area contributed by atoms with Gasteiger partial charge in [-0.15, -0.1) is 0 Å². The molecule has 2 nitrogen and oxygen atoms in total. The standard InChI is InChI=1S/C11H9N2S/c1-2-4-9(5-3-1)10-8-13-6-7-14-11(13)12-10/h2-5,8H,6-7H2. The van der Waals surface area contributed by atoms with Gasteiger partial charge >= 0.3 is 0 Å². The maximum Gasteiger partial charge on any atom is 0.168 e. The summed E-state index contributed by atoms with van der Waals surface area (Å²) in [7, 11) is 0. The van der Waals surface area contributed by atoms with Crippen molar-refractivity contribution in [2.75, 3.05) is 5.75 Å². The van der Waals surface area contributed by atoms with Gasteiger partial charge in [0.1, 0.15) is 0 Å². The lowest BCUT2D eigenvalue weighted by atomic mass is 10.2. The maximum atomic E-state index is 4.57. The molecule has 0 unspecified atom stereocenters. The quantitative estimate of drug-likeness (QED) is 0.705. The first-order valence-electron chi connectivity index (χ1n) is 4.60. The van der Waals surface area contributed by atoms with Gasteiger partial charge in [-0.1, -0.05) is 36.0 Å². The fraction of sp³-hybridized carbons (Fsp3) is 0.182. The van der Waals surface area contributed by atoms with E-state index in [4.69, 9.17) is 0 Å². The number of nitrogens with zero attached hydrogens (tertiary/aromatic N) is 2. The lowest BCUT2D eigenvalue weighted by Crippen LogP contribution is -1.89. The monoisotopic (exact) mass is 201 g/mol. The average Bonchev–Trinajstić information content (AvgIpc) is 2.78. The van der Waals surface area contributed by atoms with E-state index in [1.54, 1.807) is 0 Å². The molecule has 0 saturated heterocycles. The second-order valence-corrected chi connectivity index (χ2v) is 4.30. The van der Waals surface area contributed by atoms with E-state index in [1.165, 1.54) is 5.56 Å². The van der Waals surface area contributed by atoms with Crippen molar-refractivity contribution in [2.24, 2.45) is 0 Å². The zero-order valence-electron chi connectivity index (χ0n) is 7.60. The molecule has 0 fully saturated rings. The normalized spacial score (nSPS) is 14.3. The van der Waals surface area contributed by atoms with Crippen LogP contribution in [0.4, 0.5) is 0 Å². The number of thioether (sulfide) groups is 1. The third-order valence-corrected chi connectivity index (χ3v) is 3.29. The van der Waals surface area contributed by atoms with Crippen molar-refractivity contribution in [3.05, 3.63) is 36.5 Å². The van der Waals surface area contributed by atoms with Gasteiger partial charge in [-0.05, 0) is 6.07 Å². The highest BCUT2D eigenvalue weighted by Gasteiger charge is 2.14. The van der Waals surface area contributed by atoms with Gasteiger partial charge in [-0.2, -0.15) is 0 Å². The van der Waals surface area contributed by atoms with Crippen molar-refractivity contribution < 1.29 is 0 Å². The van der Waals surface area contributed by atoms with Crippen LogP contribution in [-0.2, 0) is 6.54 Å². The molecule has 0 saturated carbocycles. The molecule has 0 amide bonds. The number of hydrogen-bond acceptors (Lipinski definition) is 2. The van der Waals surface area contributed by atoms with Crippen molar-refractivity contribution in [1.82, 2.24) is 9.55 Å². The number of rotatable bonds is 1. The van der Waals surface area contributed by atoms with Gasteiger partial charge in [-0.3, -0.25) is 0 Å². The summed E-state index contributed by atoms with van der Waals surface area (Å²) >= 11 is 1.83. The first-order valence-corrected chi connectivity index (χ1v) is 5.58. The Balaban J connectivity index is 2.06. The molecule has 1 aliphatic rings. The summed E-state index contributed by atoms with van der Waals surface area (Å²) in [5.41, 5.74) is 2.24. The molecule has 14 heavy (non-hydrogen) atoms. The number of aryl methyl sites for hydroxylation is 1. The summed E-state index contributed by atoms with van der Waals surface area (Å²) in [6, 6.07) is 10.9. The molecule has 0 aliphatic carbocycles. The van der Waals surface area contributed by atoms with E-state index in [0.29, 0.717) is 0 Å². The molecule has 69 valence electrons. The van der Waals surface area contributed by atoms with Crippen molar-refractivity contribution in [2.45, 2.75) is 11.7 Å². The van der Waals surface area contributed by atoms with Crippen molar-refractivity contribution in [3.8, 4) is 11.3 Å². The second kappa shape index (κ2) is 3.17. The van der Waals surface area contributed by atoms with E-state index < -0.39 is 0 Å². The Morgan fingerprint density at radius 1 is 1.36 bits per heavy atom. The van der Waals surface area contributed by atoms with E-state index in [0.717, 1.165) is 23.1 Å². The molecule has 2 heterocycles. The summed E-state index contributed by atoms with van der Waals surface area (Å²) in [6.45, 7) is 1.09. The van der Waals surface area contributed by atoms with E-state index >= 15 is 0 Å². The van der Waals surface area contributed by atoms with Crippen LogP contribution >= 0.6 is 11.8 Å². The van der Waals surface area contributed by atoms with E-state index in [1.807, 2.05) is 36.0 Å². The molecule has 1 aromatic heterocycles. The molecular weight excluding hydrogens is 192 g/mol. The minimum atomic E-state index is 1.07. The summed E-state index contributed by atoms with van der Waals surface area (Å²) in [5, 5.41) is 1.15.